The second-order valence-electron chi connectivity index (χ2n) is 8.57. The van der Waals surface area contributed by atoms with E-state index in [-0.39, 0.29) is 6.61 Å². The van der Waals surface area contributed by atoms with E-state index in [0.717, 1.165) is 5.56 Å². The fraction of sp³-hybridized carbons (Fsp3) is 0.129. The molecule has 10 heteroatoms. The van der Waals surface area contributed by atoms with Crippen LogP contribution >= 0.6 is 23.2 Å². The second kappa shape index (κ2) is 14.7. The third-order valence-electron chi connectivity index (χ3n) is 5.59. The number of halogens is 2. The molecule has 0 fully saturated rings. The van der Waals surface area contributed by atoms with Crippen molar-refractivity contribution in [1.82, 2.24) is 5.43 Å². The van der Waals surface area contributed by atoms with Gasteiger partial charge < -0.3 is 19.5 Å². The molecule has 0 saturated carbocycles. The van der Waals surface area contributed by atoms with Crippen LogP contribution in [0.15, 0.2) is 96.1 Å². The number of para-hydroxylation sites is 1. The maximum absolute atomic E-state index is 12.8. The Hall–Kier alpha value is -4.53. The maximum atomic E-state index is 12.8. The lowest BCUT2D eigenvalue weighted by Gasteiger charge is -2.13. The Kier molecular flexibility index (Phi) is 10.6. The molecule has 2 amide bonds. The molecule has 4 aromatic rings. The Morgan fingerprint density at radius 1 is 0.829 bits per heavy atom. The van der Waals surface area contributed by atoms with Crippen LogP contribution in [0.4, 0.5) is 5.69 Å². The van der Waals surface area contributed by atoms with Gasteiger partial charge in [-0.25, -0.2) is 5.43 Å². The zero-order chi connectivity index (χ0) is 29.0. The molecule has 0 spiro atoms. The highest BCUT2D eigenvalue weighted by atomic mass is 35.5. The normalized spacial score (nSPS) is 10.7. The molecule has 0 aliphatic rings. The lowest BCUT2D eigenvalue weighted by Crippen LogP contribution is -2.21. The molecule has 4 aromatic carbocycles. The number of hydrazone groups is 1. The molecule has 0 saturated heterocycles. The van der Waals surface area contributed by atoms with E-state index < -0.39 is 11.8 Å². The summed E-state index contributed by atoms with van der Waals surface area (Å²) in [6.45, 7) is 2.34. The largest absolute Gasteiger partial charge is 0.490 e. The van der Waals surface area contributed by atoms with E-state index in [4.69, 9.17) is 37.4 Å². The Balaban J connectivity index is 1.38. The predicted molar refractivity (Wildman–Crippen MR) is 160 cm³/mol. The SMILES string of the molecule is CCOc1cc(C(=O)N/N=C/c2cc(Cl)ccc2OCC(=O)Nc2ccccc2Cl)ccc1OCc1ccccc1. The maximum Gasteiger partial charge on any atom is 0.271 e. The van der Waals surface area contributed by atoms with Gasteiger partial charge in [-0.3, -0.25) is 9.59 Å². The van der Waals surface area contributed by atoms with Gasteiger partial charge in [-0.15, -0.1) is 0 Å². The monoisotopic (exact) mass is 591 g/mol. The van der Waals surface area contributed by atoms with E-state index in [2.05, 4.69) is 15.8 Å². The summed E-state index contributed by atoms with van der Waals surface area (Å²) < 4.78 is 17.3. The summed E-state index contributed by atoms with van der Waals surface area (Å²) in [4.78, 5) is 25.2. The van der Waals surface area contributed by atoms with Crippen LogP contribution in [-0.4, -0.2) is 31.2 Å². The van der Waals surface area contributed by atoms with Gasteiger partial charge >= 0.3 is 0 Å². The Bertz CT molecular complexity index is 1530. The number of carbonyl (C=O) groups is 2. The summed E-state index contributed by atoms with van der Waals surface area (Å²) in [6, 6.07) is 26.4. The highest BCUT2D eigenvalue weighted by Crippen LogP contribution is 2.29. The van der Waals surface area contributed by atoms with Crippen LogP contribution in [-0.2, 0) is 11.4 Å². The van der Waals surface area contributed by atoms with Crippen molar-refractivity contribution in [3.63, 3.8) is 0 Å². The van der Waals surface area contributed by atoms with Gasteiger partial charge in [-0.05, 0) is 61.0 Å². The van der Waals surface area contributed by atoms with Crippen molar-refractivity contribution < 1.29 is 23.8 Å². The minimum Gasteiger partial charge on any atom is -0.490 e. The third-order valence-corrected chi connectivity index (χ3v) is 6.16. The summed E-state index contributed by atoms with van der Waals surface area (Å²) >= 11 is 12.2. The number of anilines is 1. The molecule has 0 unspecified atom stereocenters. The van der Waals surface area contributed by atoms with Gasteiger partial charge in [0, 0.05) is 16.1 Å². The first kappa shape index (κ1) is 29.5. The van der Waals surface area contributed by atoms with E-state index in [0.29, 0.717) is 57.3 Å². The minimum absolute atomic E-state index is 0.279. The topological polar surface area (TPSA) is 98.3 Å². The molecule has 4 rings (SSSR count). The van der Waals surface area contributed by atoms with E-state index in [1.54, 1.807) is 60.7 Å². The summed E-state index contributed by atoms with van der Waals surface area (Å²) in [5, 5.41) is 7.58. The number of rotatable bonds is 12. The summed E-state index contributed by atoms with van der Waals surface area (Å²) in [7, 11) is 0. The van der Waals surface area contributed by atoms with Gasteiger partial charge in [0.05, 0.1) is 23.5 Å². The number of nitrogens with zero attached hydrogens (tertiary/aromatic N) is 1. The summed E-state index contributed by atoms with van der Waals surface area (Å²) in [6.07, 6.45) is 1.38. The van der Waals surface area contributed by atoms with Gasteiger partial charge in [0.2, 0.25) is 0 Å². The van der Waals surface area contributed by atoms with Crippen molar-refractivity contribution >= 4 is 46.9 Å². The first-order valence-electron chi connectivity index (χ1n) is 12.7. The van der Waals surface area contributed by atoms with Crippen molar-refractivity contribution in [3.8, 4) is 17.2 Å². The molecule has 0 aliphatic carbocycles. The first-order valence-corrected chi connectivity index (χ1v) is 13.4. The molecule has 8 nitrogen and oxygen atoms in total. The van der Waals surface area contributed by atoms with Crippen LogP contribution in [0.2, 0.25) is 10.0 Å². The van der Waals surface area contributed by atoms with Gasteiger partial charge in [0.15, 0.2) is 18.1 Å². The molecular weight excluding hydrogens is 565 g/mol. The second-order valence-corrected chi connectivity index (χ2v) is 9.41. The molecule has 0 aromatic heterocycles. The molecule has 2 N–H and O–H groups in total. The van der Waals surface area contributed by atoms with E-state index >= 15 is 0 Å². The highest BCUT2D eigenvalue weighted by molar-refractivity contribution is 6.33. The summed E-state index contributed by atoms with van der Waals surface area (Å²) in [5.74, 6) is 0.460. The van der Waals surface area contributed by atoms with Crippen LogP contribution in [0, 0.1) is 0 Å². The predicted octanol–water partition coefficient (Wildman–Crippen LogP) is 6.75. The number of hydrogen-bond acceptors (Lipinski definition) is 6. The first-order chi connectivity index (χ1) is 19.9. The van der Waals surface area contributed by atoms with Crippen molar-refractivity contribution in [3.05, 3.63) is 118 Å². The quantitative estimate of drug-likeness (QED) is 0.140. The van der Waals surface area contributed by atoms with Gasteiger partial charge in [0.25, 0.3) is 11.8 Å². The van der Waals surface area contributed by atoms with Gasteiger partial charge in [0.1, 0.15) is 12.4 Å². The smallest absolute Gasteiger partial charge is 0.271 e. The average molecular weight is 592 g/mol. The Morgan fingerprint density at radius 2 is 1.59 bits per heavy atom. The minimum atomic E-state index is -0.458. The highest BCUT2D eigenvalue weighted by Gasteiger charge is 2.13. The molecule has 0 heterocycles. The fourth-order valence-corrected chi connectivity index (χ4v) is 4.00. The molecule has 41 heavy (non-hydrogen) atoms. The molecule has 210 valence electrons. The molecular formula is C31H27Cl2N3O5. The van der Waals surface area contributed by atoms with Crippen molar-refractivity contribution in [2.24, 2.45) is 5.10 Å². The fourth-order valence-electron chi connectivity index (χ4n) is 3.64. The van der Waals surface area contributed by atoms with Gasteiger partial charge in [-0.2, -0.15) is 5.10 Å². The molecule has 0 aliphatic heterocycles. The molecule has 0 bridgehead atoms. The van der Waals surface area contributed by atoms with Crippen LogP contribution in [0.3, 0.4) is 0 Å². The summed E-state index contributed by atoms with van der Waals surface area (Å²) in [5.41, 5.74) is 4.77. The zero-order valence-corrected chi connectivity index (χ0v) is 23.6. The van der Waals surface area contributed by atoms with Crippen molar-refractivity contribution in [2.45, 2.75) is 13.5 Å². The van der Waals surface area contributed by atoms with Crippen molar-refractivity contribution in [2.75, 3.05) is 18.5 Å². The van der Waals surface area contributed by atoms with E-state index in [1.165, 1.54) is 6.21 Å². The molecule has 0 radical (unpaired) electrons. The van der Waals surface area contributed by atoms with Crippen LogP contribution < -0.4 is 25.0 Å². The van der Waals surface area contributed by atoms with Gasteiger partial charge in [-0.1, -0.05) is 65.7 Å². The van der Waals surface area contributed by atoms with Crippen LogP contribution in [0.1, 0.15) is 28.4 Å². The number of ether oxygens (including phenoxy) is 3. The van der Waals surface area contributed by atoms with E-state index in [1.807, 2.05) is 37.3 Å². The number of carbonyl (C=O) groups excluding carboxylic acids is 2. The zero-order valence-electron chi connectivity index (χ0n) is 22.1. The lowest BCUT2D eigenvalue weighted by atomic mass is 10.2. The van der Waals surface area contributed by atoms with E-state index in [9.17, 15) is 9.59 Å². The number of nitrogens with one attached hydrogen (secondary N) is 2. The lowest BCUT2D eigenvalue weighted by molar-refractivity contribution is -0.118. The standard InChI is InChI=1S/C31H27Cl2N3O5/c1-2-39-29-17-22(12-14-28(29)40-19-21-8-4-3-5-9-21)31(38)36-34-18-23-16-24(32)13-15-27(23)41-20-30(37)35-26-11-7-6-10-25(26)33/h3-18H,2,19-20H2,1H3,(H,35,37)(H,36,38)/b34-18+. The van der Waals surface area contributed by atoms with Crippen molar-refractivity contribution in [1.29, 1.82) is 0 Å². The van der Waals surface area contributed by atoms with Crippen LogP contribution in [0.25, 0.3) is 0 Å². The number of hydrogen-bond donors (Lipinski definition) is 2. The van der Waals surface area contributed by atoms with Crippen LogP contribution in [0.5, 0.6) is 17.2 Å². The third kappa shape index (κ3) is 8.73. The Labute approximate surface area is 247 Å². The Morgan fingerprint density at radius 3 is 2.37 bits per heavy atom. The number of amides is 2. The average Bonchev–Trinajstić information content (AvgIpc) is 2.98. The molecule has 0 atom stereocenters. The number of benzene rings is 4.